The second kappa shape index (κ2) is 25.8. The molecule has 4 fully saturated rings. The number of hydrogen-bond donors (Lipinski definition) is 9. The monoisotopic (exact) mass is 1210 g/mol. The van der Waals surface area contributed by atoms with Gasteiger partial charge in [-0.15, -0.1) is 11.8 Å². The highest BCUT2D eigenvalue weighted by atomic mass is 32.2. The number of carboxylic acids is 2. The summed E-state index contributed by atoms with van der Waals surface area (Å²) in [6.07, 6.45) is 10.7. The predicted octanol–water partition coefficient (Wildman–Crippen LogP) is 4.78. The summed E-state index contributed by atoms with van der Waals surface area (Å²) < 4.78 is 17.5. The van der Waals surface area contributed by atoms with Crippen LogP contribution >= 0.6 is 23.5 Å². The minimum absolute atomic E-state index is 0.103. The van der Waals surface area contributed by atoms with Gasteiger partial charge in [-0.25, -0.2) is 33.9 Å². The van der Waals surface area contributed by atoms with E-state index in [-0.39, 0.29) is 78.6 Å². The third kappa shape index (κ3) is 12.6. The Morgan fingerprint density at radius 3 is 2.47 bits per heavy atom. The van der Waals surface area contributed by atoms with Crippen molar-refractivity contribution in [2.45, 2.75) is 146 Å². The molecule has 2 aromatic heterocycles. The SMILES string of the molecule is Cc1nc(N)c2nc(CN(C)c3ccc(C(=O)N[C@@H](CCC(=O)NCCSCC4=C(C(=O)O)N5C(=O)C(NC(=O)CCCCCCCNC[C@@]6(O)[C@H](C)C[C@H]7C8CCC9=CC(=O)C=C[C@]9(C)[C@@]8(F)[C@@H](O)C[C@@]76C)[C@H]5SC4)C(=O)O)cc3)cnc2n1. The molecule has 11 atom stereocenters. The Bertz CT molecular complexity index is 3210. The molecule has 25 heteroatoms. The Hall–Kier alpha value is -6.54. The van der Waals surface area contributed by atoms with E-state index < -0.39 is 81.2 Å². The molecule has 0 radical (unpaired) electrons. The van der Waals surface area contributed by atoms with Crippen molar-refractivity contribution in [1.82, 2.24) is 46.1 Å². The number of unbranched alkanes of at least 4 members (excludes halogenated alkanes) is 4. The van der Waals surface area contributed by atoms with E-state index in [1.807, 2.05) is 25.8 Å². The number of β-lactam (4-membered cyclic amide) rings is 1. The number of thioether (sulfide) groups is 2. The van der Waals surface area contributed by atoms with E-state index in [9.17, 15) is 54.0 Å². The molecule has 4 aliphatic carbocycles. The average Bonchev–Trinajstić information content (AvgIpc) is 1.68. The molecule has 0 bridgehead atoms. The summed E-state index contributed by atoms with van der Waals surface area (Å²) in [5.41, 5.74) is 4.72. The van der Waals surface area contributed by atoms with Crippen molar-refractivity contribution in [2.24, 2.45) is 28.6 Å². The quantitative estimate of drug-likeness (QED) is 0.0386. The van der Waals surface area contributed by atoms with Crippen molar-refractivity contribution in [1.29, 1.82) is 0 Å². The number of nitrogen functional groups attached to an aromatic ring is 1. The molecule has 22 nitrogen and oxygen atoms in total. The molecule has 4 heterocycles. The number of aliphatic hydroxyl groups excluding tert-OH is 1. The van der Waals surface area contributed by atoms with E-state index in [0.29, 0.717) is 85.1 Å². The van der Waals surface area contributed by atoms with Crippen LogP contribution in [-0.4, -0.2) is 165 Å². The summed E-state index contributed by atoms with van der Waals surface area (Å²) in [5, 5.41) is 55.0. The van der Waals surface area contributed by atoms with Crippen LogP contribution in [-0.2, 0) is 35.3 Å². The van der Waals surface area contributed by atoms with Gasteiger partial charge in [0.05, 0.1) is 30.1 Å². The molecule has 0 spiro atoms. The van der Waals surface area contributed by atoms with Gasteiger partial charge in [0.25, 0.3) is 11.8 Å². The number of hydrogen-bond acceptors (Lipinski definition) is 18. The van der Waals surface area contributed by atoms with Gasteiger partial charge in [0.2, 0.25) is 11.8 Å². The highest BCUT2D eigenvalue weighted by Gasteiger charge is 2.74. The van der Waals surface area contributed by atoms with Gasteiger partial charge in [0, 0.05) is 78.2 Å². The Morgan fingerprint density at radius 2 is 1.73 bits per heavy atom. The molecule has 1 aromatic carbocycles. The molecule has 1 saturated heterocycles. The molecule has 4 amide bonds. The Balaban J connectivity index is 0.633. The molecule has 85 heavy (non-hydrogen) atoms. The van der Waals surface area contributed by atoms with Gasteiger partial charge >= 0.3 is 11.9 Å². The van der Waals surface area contributed by atoms with Crippen molar-refractivity contribution >= 4 is 87.5 Å². The van der Waals surface area contributed by atoms with E-state index in [4.69, 9.17) is 5.73 Å². The third-order valence-electron chi connectivity index (χ3n) is 18.8. The molecule has 3 saturated carbocycles. The van der Waals surface area contributed by atoms with Crippen molar-refractivity contribution < 1.29 is 58.4 Å². The normalized spacial score (nSPS) is 28.8. The first-order chi connectivity index (χ1) is 40.4. The maximum atomic E-state index is 17.5. The second-order valence-corrected chi connectivity index (χ2v) is 26.3. The van der Waals surface area contributed by atoms with Gasteiger partial charge in [-0.1, -0.05) is 44.8 Å². The molecule has 3 aromatic rings. The number of aliphatic hydroxyl groups is 2. The number of aryl methyl sites for hydroxylation is 1. The van der Waals surface area contributed by atoms with Crippen LogP contribution in [0.3, 0.4) is 0 Å². The fourth-order valence-electron chi connectivity index (χ4n) is 14.1. The predicted molar refractivity (Wildman–Crippen MR) is 319 cm³/mol. The fourth-order valence-corrected chi connectivity index (χ4v) is 16.4. The standard InChI is InChI=1S/C60H78FN11O11S2/c1-33-25-42-41-17-14-37-26-40(73)20-21-57(37,3)60(41,61)44(74)27-58(42,4)59(33,83)32-63-22-10-8-6-7-9-11-46(76)70-48-53(78)72-49(56(81)82)36(31-85-54(48)72)30-84-24-23-64-45(75)19-18-43(55(79)80)69-52(77)35-12-15-39(16-13-35)71(5)29-38-28-65-51-47(68-38)50(62)66-34(2)67-51/h12-13,15-16,20-21,26,28,33,41-44,48,54,63,74,83H,6-11,14,17-19,22-25,27,29-32H2,1-5H3,(H,64,75)(H,69,77)(H,70,76)(H,79,80)(H,81,82)(H2,62,65,66,67)/t33-,41?,42+,43+,44+,48?,54-,57+,58+,59-,60+/m1/s1. The highest BCUT2D eigenvalue weighted by molar-refractivity contribution is 8.01. The fraction of sp³-hybridized carbons (Fsp3) is 0.583. The highest BCUT2D eigenvalue weighted by Crippen LogP contribution is 2.70. The smallest absolute Gasteiger partial charge is 0.352 e. The number of nitrogens with zero attached hydrogens (tertiary/aromatic N) is 6. The number of ketones is 1. The first-order valence-electron chi connectivity index (χ1n) is 29.3. The lowest BCUT2D eigenvalue weighted by Gasteiger charge is -2.63. The van der Waals surface area contributed by atoms with Crippen molar-refractivity contribution in [3.63, 3.8) is 0 Å². The molecule has 10 N–H and O–H groups in total. The number of halogens is 1. The summed E-state index contributed by atoms with van der Waals surface area (Å²) >= 11 is 2.74. The lowest BCUT2D eigenvalue weighted by atomic mass is 9.45. The van der Waals surface area contributed by atoms with Crippen molar-refractivity contribution in [3.8, 4) is 0 Å². The van der Waals surface area contributed by atoms with Crippen LogP contribution in [0.1, 0.15) is 120 Å². The van der Waals surface area contributed by atoms with Crippen LogP contribution in [0.5, 0.6) is 0 Å². The largest absolute Gasteiger partial charge is 0.480 e. The number of nitrogens with two attached hydrogens (primary N) is 1. The summed E-state index contributed by atoms with van der Waals surface area (Å²) in [5.74, 6) is -3.50. The number of amides is 4. The summed E-state index contributed by atoms with van der Waals surface area (Å²) in [7, 11) is 1.83. The topological polar surface area (TPSA) is 333 Å². The van der Waals surface area contributed by atoms with Crippen LogP contribution in [0, 0.1) is 35.5 Å². The molecule has 6 aliphatic rings. The maximum Gasteiger partial charge on any atom is 0.352 e. The molecule has 2 unspecified atom stereocenters. The summed E-state index contributed by atoms with van der Waals surface area (Å²) in [4.78, 5) is 109. The van der Waals surface area contributed by atoms with Gasteiger partial charge in [0.1, 0.15) is 29.0 Å². The number of nitrogens with one attached hydrogen (secondary N) is 4. The van der Waals surface area contributed by atoms with E-state index in [2.05, 4.69) is 41.2 Å². The maximum absolute atomic E-state index is 17.5. The number of alkyl halides is 1. The van der Waals surface area contributed by atoms with Gasteiger partial charge < -0.3 is 52.3 Å². The van der Waals surface area contributed by atoms with Crippen molar-refractivity contribution in [3.05, 3.63) is 82.6 Å². The number of aliphatic carboxylic acids is 2. The molecule has 2 aliphatic heterocycles. The third-order valence-corrected chi connectivity index (χ3v) is 21.2. The van der Waals surface area contributed by atoms with Gasteiger partial charge in [-0.2, -0.15) is 11.8 Å². The van der Waals surface area contributed by atoms with Gasteiger partial charge in [0.15, 0.2) is 28.4 Å². The van der Waals surface area contributed by atoms with Crippen molar-refractivity contribution in [2.75, 3.05) is 54.6 Å². The summed E-state index contributed by atoms with van der Waals surface area (Å²) in [6.45, 7) is 9.10. The number of benzene rings is 1. The molecule has 458 valence electrons. The number of carbonyl (C=O) groups is 7. The molecule has 9 rings (SSSR count). The van der Waals surface area contributed by atoms with E-state index in [1.54, 1.807) is 50.4 Å². The zero-order valence-electron chi connectivity index (χ0n) is 48.7. The van der Waals surface area contributed by atoms with Crippen LogP contribution in [0.15, 0.2) is 65.5 Å². The van der Waals surface area contributed by atoms with Crippen LogP contribution < -0.4 is 31.9 Å². The van der Waals surface area contributed by atoms with Crippen LogP contribution in [0.2, 0.25) is 0 Å². The van der Waals surface area contributed by atoms with Crippen LogP contribution in [0.25, 0.3) is 11.2 Å². The van der Waals surface area contributed by atoms with Gasteiger partial charge in [-0.05, 0) is 119 Å². The molecular formula is C60H78FN11O11S2. The summed E-state index contributed by atoms with van der Waals surface area (Å²) in [6, 6.07) is 4.36. The number of anilines is 2. The minimum Gasteiger partial charge on any atom is -0.480 e. The van der Waals surface area contributed by atoms with E-state index in [0.717, 1.165) is 36.9 Å². The Kier molecular flexibility index (Phi) is 19.1. The zero-order chi connectivity index (χ0) is 61.2. The number of aromatic nitrogens is 4. The number of carbonyl (C=O) groups excluding carboxylic acids is 5. The molecular weight excluding hydrogens is 1130 g/mol. The Labute approximate surface area is 501 Å². The Morgan fingerprint density at radius 1 is 0.988 bits per heavy atom. The van der Waals surface area contributed by atoms with E-state index >= 15 is 4.39 Å². The van der Waals surface area contributed by atoms with Crippen LogP contribution in [0.4, 0.5) is 15.9 Å². The number of rotatable bonds is 26. The second-order valence-electron chi connectivity index (χ2n) is 24.1. The average molecular weight is 1210 g/mol. The van der Waals surface area contributed by atoms with Gasteiger partial charge in [-0.3, -0.25) is 28.9 Å². The number of carboxylic acid groups (broad SMARTS) is 2. The number of allylic oxidation sites excluding steroid dienone is 4. The number of fused-ring (bicyclic) bond motifs is 7. The first-order valence-corrected chi connectivity index (χ1v) is 31.5. The lowest BCUT2D eigenvalue weighted by molar-refractivity contribution is -0.219. The zero-order valence-corrected chi connectivity index (χ0v) is 50.3. The minimum atomic E-state index is -1.94. The lowest BCUT2D eigenvalue weighted by Crippen LogP contribution is -2.70. The van der Waals surface area contributed by atoms with E-state index in [1.165, 1.54) is 40.6 Å². The first kappa shape index (κ1) is 63.0.